The van der Waals surface area contributed by atoms with Gasteiger partial charge < -0.3 is 21.1 Å². The Balaban J connectivity index is 2.94. The molecule has 0 aliphatic carbocycles. The summed E-state index contributed by atoms with van der Waals surface area (Å²) in [4.78, 5) is 36.1. The molecule has 1 aromatic carbocycles. The van der Waals surface area contributed by atoms with Crippen LogP contribution in [-0.2, 0) is 9.59 Å². The molecule has 0 saturated heterocycles. The smallest absolute Gasteiger partial charge is 0.405 e. The normalized spacial score (nSPS) is 13.7. The topological polar surface area (TPSA) is 108 Å². The quantitative estimate of drug-likeness (QED) is 0.519. The van der Waals surface area contributed by atoms with E-state index in [4.69, 9.17) is 5.11 Å². The van der Waals surface area contributed by atoms with Gasteiger partial charge in [-0.25, -0.2) is 4.79 Å². The summed E-state index contributed by atoms with van der Waals surface area (Å²) in [6.07, 6.45) is -1.27. The Kier molecular flexibility index (Phi) is 8.47. The van der Waals surface area contributed by atoms with Crippen molar-refractivity contribution in [1.29, 1.82) is 0 Å². The molecule has 156 valence electrons. The maximum absolute atomic E-state index is 12.9. The predicted octanol–water partition coefficient (Wildman–Crippen LogP) is 2.93. The molecule has 1 aromatic rings. The minimum atomic E-state index is -1.27. The van der Waals surface area contributed by atoms with Gasteiger partial charge in [0.1, 0.15) is 6.04 Å². The van der Waals surface area contributed by atoms with Crippen molar-refractivity contribution < 1.29 is 19.5 Å². The highest BCUT2D eigenvalue weighted by Gasteiger charge is 2.39. The molecule has 0 spiro atoms. The molecule has 0 aliphatic heterocycles. The summed E-state index contributed by atoms with van der Waals surface area (Å²) < 4.78 is 0. The Hall–Kier alpha value is -2.57. The van der Waals surface area contributed by atoms with Crippen LogP contribution >= 0.6 is 0 Å². The molecule has 1 unspecified atom stereocenters. The minimum Gasteiger partial charge on any atom is -0.465 e. The van der Waals surface area contributed by atoms with Crippen molar-refractivity contribution in [2.24, 2.45) is 17.3 Å². The average molecular weight is 392 g/mol. The van der Waals surface area contributed by atoms with E-state index >= 15 is 0 Å². The second kappa shape index (κ2) is 10.1. The van der Waals surface area contributed by atoms with Gasteiger partial charge in [-0.3, -0.25) is 9.59 Å². The molecular weight excluding hydrogens is 358 g/mol. The molecule has 0 fully saturated rings. The lowest BCUT2D eigenvalue weighted by molar-refractivity contribution is -0.136. The van der Waals surface area contributed by atoms with E-state index < -0.39 is 29.5 Å². The molecule has 0 bridgehead atoms. The molecule has 0 saturated carbocycles. The van der Waals surface area contributed by atoms with Crippen LogP contribution in [0, 0.1) is 17.3 Å². The van der Waals surface area contributed by atoms with Crippen LogP contribution in [0.4, 0.5) is 4.79 Å². The lowest BCUT2D eigenvalue weighted by atomic mass is 9.70. The van der Waals surface area contributed by atoms with Crippen LogP contribution in [-0.4, -0.2) is 35.6 Å². The predicted molar refractivity (Wildman–Crippen MR) is 109 cm³/mol. The molecule has 0 aromatic heterocycles. The van der Waals surface area contributed by atoms with Crippen molar-refractivity contribution in [3.05, 3.63) is 35.9 Å². The monoisotopic (exact) mass is 391 g/mol. The third kappa shape index (κ3) is 5.97. The Bertz CT molecular complexity index is 665. The van der Waals surface area contributed by atoms with Gasteiger partial charge in [0.05, 0.1) is 11.5 Å². The fourth-order valence-corrected chi connectivity index (χ4v) is 3.06. The largest absolute Gasteiger partial charge is 0.465 e. The summed E-state index contributed by atoms with van der Waals surface area (Å²) in [5.41, 5.74) is 0.290. The summed E-state index contributed by atoms with van der Waals surface area (Å²) >= 11 is 0. The van der Waals surface area contributed by atoms with Gasteiger partial charge in [0.25, 0.3) is 0 Å². The molecule has 7 heteroatoms. The Morgan fingerprint density at radius 3 is 1.96 bits per heavy atom. The van der Waals surface area contributed by atoms with Gasteiger partial charge in [-0.2, -0.15) is 0 Å². The van der Waals surface area contributed by atoms with Crippen molar-refractivity contribution in [2.45, 2.75) is 53.6 Å². The van der Waals surface area contributed by atoms with Gasteiger partial charge in [-0.05, 0) is 24.3 Å². The van der Waals surface area contributed by atoms with Gasteiger partial charge in [0.15, 0.2) is 0 Å². The fourth-order valence-electron chi connectivity index (χ4n) is 3.06. The van der Waals surface area contributed by atoms with Gasteiger partial charge in [0.2, 0.25) is 11.8 Å². The lowest BCUT2D eigenvalue weighted by Gasteiger charge is -2.36. The molecule has 0 aliphatic rings. The molecule has 1 rings (SSSR count). The number of carbonyl (C=O) groups excluding carboxylic acids is 2. The Labute approximate surface area is 167 Å². The second-order valence-corrected chi connectivity index (χ2v) is 7.95. The lowest BCUT2D eigenvalue weighted by Crippen LogP contribution is -2.50. The van der Waals surface area contributed by atoms with Crippen molar-refractivity contribution in [1.82, 2.24) is 16.0 Å². The number of nitrogens with one attached hydrogen (secondary N) is 3. The molecule has 28 heavy (non-hydrogen) atoms. The summed E-state index contributed by atoms with van der Waals surface area (Å²) in [7, 11) is 0. The molecule has 0 radical (unpaired) electrons. The summed E-state index contributed by atoms with van der Waals surface area (Å²) in [5, 5.41) is 16.7. The maximum atomic E-state index is 12.9. The third-order valence-corrected chi connectivity index (χ3v) is 5.61. The van der Waals surface area contributed by atoms with Gasteiger partial charge in [-0.15, -0.1) is 0 Å². The number of rotatable bonds is 9. The highest BCUT2D eigenvalue weighted by molar-refractivity contribution is 5.85. The standard InChI is InChI=1S/C21H33N3O4/c1-13(2)21(6,14(3)4)19(26)22-12-17(16-10-8-7-9-11-16)24-18(25)15(5)23-20(27)28/h7-11,13-15,17,23H,12H2,1-6H3,(H,22,26)(H,24,25)(H,27,28)/t15?,17-/m1/s1. The summed E-state index contributed by atoms with van der Waals surface area (Å²) in [6.45, 7) is 11.7. The highest BCUT2D eigenvalue weighted by Crippen LogP contribution is 2.35. The van der Waals surface area contributed by atoms with Gasteiger partial charge >= 0.3 is 6.09 Å². The first-order chi connectivity index (χ1) is 13.0. The highest BCUT2D eigenvalue weighted by atomic mass is 16.4. The molecule has 2 atom stereocenters. The number of amides is 3. The van der Waals surface area contributed by atoms with E-state index in [-0.39, 0.29) is 24.3 Å². The van der Waals surface area contributed by atoms with E-state index in [1.54, 1.807) is 0 Å². The van der Waals surface area contributed by atoms with E-state index in [9.17, 15) is 14.4 Å². The Morgan fingerprint density at radius 1 is 0.964 bits per heavy atom. The van der Waals surface area contributed by atoms with Gasteiger partial charge in [-0.1, -0.05) is 65.0 Å². The van der Waals surface area contributed by atoms with Crippen molar-refractivity contribution >= 4 is 17.9 Å². The van der Waals surface area contributed by atoms with Crippen molar-refractivity contribution in [3.63, 3.8) is 0 Å². The average Bonchev–Trinajstić information content (AvgIpc) is 2.63. The molecule has 7 nitrogen and oxygen atoms in total. The van der Waals surface area contributed by atoms with E-state index in [2.05, 4.69) is 16.0 Å². The zero-order valence-electron chi connectivity index (χ0n) is 17.6. The molecule has 0 heterocycles. The summed E-state index contributed by atoms with van der Waals surface area (Å²) in [5.74, 6) is -0.223. The number of carbonyl (C=O) groups is 3. The van der Waals surface area contributed by atoms with Crippen molar-refractivity contribution in [3.8, 4) is 0 Å². The van der Waals surface area contributed by atoms with Crippen LogP contribution in [0.25, 0.3) is 0 Å². The first-order valence-electron chi connectivity index (χ1n) is 9.63. The zero-order valence-corrected chi connectivity index (χ0v) is 17.6. The summed E-state index contributed by atoms with van der Waals surface area (Å²) in [6, 6.07) is 7.90. The number of hydrogen-bond acceptors (Lipinski definition) is 3. The van der Waals surface area contributed by atoms with Crippen LogP contribution in [0.15, 0.2) is 30.3 Å². The van der Waals surface area contributed by atoms with Crippen molar-refractivity contribution in [2.75, 3.05) is 6.54 Å². The number of benzene rings is 1. The molecule has 3 amide bonds. The Morgan fingerprint density at radius 2 is 1.50 bits per heavy atom. The van der Waals surface area contributed by atoms with E-state index in [0.29, 0.717) is 0 Å². The zero-order chi connectivity index (χ0) is 21.5. The van der Waals surface area contributed by atoms with Crippen LogP contribution in [0.3, 0.4) is 0 Å². The minimum absolute atomic E-state index is 0.0654. The molecule has 4 N–H and O–H groups in total. The SMILES string of the molecule is CC(NC(=O)O)C(=O)N[C@H](CNC(=O)C(C)(C(C)C)C(C)C)c1ccccc1. The second-order valence-electron chi connectivity index (χ2n) is 7.95. The number of hydrogen-bond donors (Lipinski definition) is 4. The van der Waals surface area contributed by atoms with E-state index in [1.807, 2.05) is 65.0 Å². The van der Waals surface area contributed by atoms with E-state index in [1.165, 1.54) is 6.92 Å². The maximum Gasteiger partial charge on any atom is 0.405 e. The van der Waals surface area contributed by atoms with Crippen LogP contribution in [0.2, 0.25) is 0 Å². The number of carboxylic acid groups (broad SMARTS) is 1. The van der Waals surface area contributed by atoms with Gasteiger partial charge in [0, 0.05) is 6.54 Å². The van der Waals surface area contributed by atoms with Crippen LogP contribution in [0.5, 0.6) is 0 Å². The third-order valence-electron chi connectivity index (χ3n) is 5.61. The fraction of sp³-hybridized carbons (Fsp3) is 0.571. The molecular formula is C21H33N3O4. The van der Waals surface area contributed by atoms with Crippen LogP contribution in [0.1, 0.15) is 53.1 Å². The van der Waals surface area contributed by atoms with E-state index in [0.717, 1.165) is 5.56 Å². The van der Waals surface area contributed by atoms with Crippen LogP contribution < -0.4 is 16.0 Å². The first kappa shape index (κ1) is 23.5. The first-order valence-corrected chi connectivity index (χ1v) is 9.63.